The van der Waals surface area contributed by atoms with Crippen molar-refractivity contribution in [3.63, 3.8) is 0 Å². The van der Waals surface area contributed by atoms with Gasteiger partial charge in [-0.2, -0.15) is 0 Å². The molecule has 1 fully saturated rings. The number of para-hydroxylation sites is 1. The van der Waals surface area contributed by atoms with Gasteiger partial charge in [-0.15, -0.1) is 0 Å². The van der Waals surface area contributed by atoms with Crippen LogP contribution in [-0.2, 0) is 21.5 Å². The van der Waals surface area contributed by atoms with Gasteiger partial charge in [0.25, 0.3) is 5.91 Å². The molecule has 1 aliphatic carbocycles. The predicted molar refractivity (Wildman–Crippen MR) is 115 cm³/mol. The van der Waals surface area contributed by atoms with Crippen LogP contribution in [0.3, 0.4) is 0 Å². The Hall–Kier alpha value is -3.15. The van der Waals surface area contributed by atoms with Crippen LogP contribution in [0.4, 0.5) is 10.5 Å². The van der Waals surface area contributed by atoms with Crippen molar-refractivity contribution in [2.45, 2.75) is 51.0 Å². The van der Waals surface area contributed by atoms with Gasteiger partial charge in [-0.3, -0.25) is 14.5 Å². The van der Waals surface area contributed by atoms with Gasteiger partial charge in [0, 0.05) is 5.69 Å². The van der Waals surface area contributed by atoms with Crippen molar-refractivity contribution in [3.05, 3.63) is 65.2 Å². The number of carbonyl (C=O) groups excluding carboxylic acids is 3. The highest BCUT2D eigenvalue weighted by molar-refractivity contribution is 6.10. The van der Waals surface area contributed by atoms with E-state index in [1.807, 2.05) is 48.5 Å². The number of carbonyl (C=O) groups is 3. The molecule has 2 atom stereocenters. The van der Waals surface area contributed by atoms with Crippen LogP contribution in [0.1, 0.15) is 55.7 Å². The number of urea groups is 1. The number of nitrogens with one attached hydrogen (secondary N) is 2. The highest BCUT2D eigenvalue weighted by atomic mass is 16.2. The van der Waals surface area contributed by atoms with E-state index in [4.69, 9.17) is 0 Å². The topological polar surface area (TPSA) is 78.5 Å². The van der Waals surface area contributed by atoms with E-state index in [0.717, 1.165) is 46.5 Å². The molecule has 4 rings (SSSR count). The summed E-state index contributed by atoms with van der Waals surface area (Å²) in [4.78, 5) is 39.8. The van der Waals surface area contributed by atoms with Gasteiger partial charge in [0.2, 0.25) is 5.91 Å². The first-order valence-electron chi connectivity index (χ1n) is 10.6. The fraction of sp³-hybridized carbons (Fsp3) is 0.375. The third-order valence-corrected chi connectivity index (χ3v) is 6.33. The molecule has 0 radical (unpaired) electrons. The molecule has 2 N–H and O–H groups in total. The van der Waals surface area contributed by atoms with Crippen LogP contribution < -0.4 is 10.6 Å². The van der Waals surface area contributed by atoms with Crippen LogP contribution in [0.5, 0.6) is 0 Å². The third kappa shape index (κ3) is 3.36. The first-order valence-corrected chi connectivity index (χ1v) is 10.6. The molecular formula is C24H27N3O3. The number of nitrogens with zero attached hydrogens (tertiary/aromatic N) is 1. The summed E-state index contributed by atoms with van der Waals surface area (Å²) in [6.07, 6.45) is 3.19. The zero-order chi connectivity index (χ0) is 21.3. The maximum Gasteiger partial charge on any atom is 0.325 e. The number of anilines is 1. The number of imide groups is 1. The van der Waals surface area contributed by atoms with Gasteiger partial charge >= 0.3 is 6.03 Å². The molecule has 2 unspecified atom stereocenters. The molecule has 6 nitrogen and oxygen atoms in total. The van der Waals surface area contributed by atoms with E-state index in [0.29, 0.717) is 12.3 Å². The van der Waals surface area contributed by atoms with Gasteiger partial charge in [-0.25, -0.2) is 4.79 Å². The van der Waals surface area contributed by atoms with Crippen molar-refractivity contribution in [2.24, 2.45) is 0 Å². The maximum absolute atomic E-state index is 13.3. The molecule has 1 heterocycles. The molecule has 4 amide bonds. The molecule has 0 aromatic heterocycles. The van der Waals surface area contributed by atoms with Crippen LogP contribution in [-0.4, -0.2) is 29.3 Å². The second-order valence-corrected chi connectivity index (χ2v) is 8.18. The van der Waals surface area contributed by atoms with Crippen LogP contribution in [0, 0.1) is 0 Å². The molecule has 0 bridgehead atoms. The zero-order valence-electron chi connectivity index (χ0n) is 17.4. The van der Waals surface area contributed by atoms with E-state index < -0.39 is 11.6 Å². The lowest BCUT2D eigenvalue weighted by atomic mass is 9.76. The summed E-state index contributed by atoms with van der Waals surface area (Å²) in [6, 6.07) is 14.9. The minimum Gasteiger partial charge on any atom is -0.324 e. The van der Waals surface area contributed by atoms with E-state index in [1.54, 1.807) is 0 Å². The molecule has 1 saturated heterocycles. The van der Waals surface area contributed by atoms with Crippen molar-refractivity contribution in [3.8, 4) is 0 Å². The largest absolute Gasteiger partial charge is 0.325 e. The van der Waals surface area contributed by atoms with Crippen LogP contribution in [0.2, 0.25) is 0 Å². The fourth-order valence-electron chi connectivity index (χ4n) is 4.55. The van der Waals surface area contributed by atoms with Gasteiger partial charge in [0.15, 0.2) is 0 Å². The quantitative estimate of drug-likeness (QED) is 0.740. The van der Waals surface area contributed by atoms with E-state index in [9.17, 15) is 14.4 Å². The summed E-state index contributed by atoms with van der Waals surface area (Å²) in [5, 5.41) is 5.78. The number of benzene rings is 2. The van der Waals surface area contributed by atoms with Crippen LogP contribution in [0.15, 0.2) is 48.5 Å². The fourth-order valence-corrected chi connectivity index (χ4v) is 4.55. The number of aryl methyl sites for hydroxylation is 1. The lowest BCUT2D eigenvalue weighted by Crippen LogP contribution is -2.47. The molecule has 1 aliphatic heterocycles. The van der Waals surface area contributed by atoms with Crippen LogP contribution in [0.25, 0.3) is 0 Å². The molecule has 2 aromatic rings. The standard InChI is InChI=1S/C24H27N3O3/c1-3-16(2)18-11-5-7-13-20(18)25-21(28)15-27-22(29)24(26-23(27)30)14-8-10-17-9-4-6-12-19(17)24/h4-7,9,11-13,16H,3,8,10,14-15H2,1-2H3,(H,25,28)(H,26,30). The Morgan fingerprint density at radius 1 is 1.17 bits per heavy atom. The number of hydrogen-bond acceptors (Lipinski definition) is 3. The summed E-state index contributed by atoms with van der Waals surface area (Å²) >= 11 is 0. The maximum atomic E-state index is 13.3. The normalized spacial score (nSPS) is 21.3. The number of amides is 4. The lowest BCUT2D eigenvalue weighted by molar-refractivity contribution is -0.134. The van der Waals surface area contributed by atoms with Gasteiger partial charge in [-0.1, -0.05) is 56.3 Å². The number of fused-ring (bicyclic) bond motifs is 2. The first kappa shape index (κ1) is 20.1. The number of hydrogen-bond donors (Lipinski definition) is 2. The molecule has 0 saturated carbocycles. The summed E-state index contributed by atoms with van der Waals surface area (Å²) in [5.74, 6) is -0.430. The molecule has 1 spiro atoms. The Kier molecular flexibility index (Phi) is 5.33. The van der Waals surface area contributed by atoms with Crippen molar-refractivity contribution >= 4 is 23.5 Å². The van der Waals surface area contributed by atoms with E-state index in [2.05, 4.69) is 24.5 Å². The Balaban J connectivity index is 1.54. The summed E-state index contributed by atoms with van der Waals surface area (Å²) < 4.78 is 0. The summed E-state index contributed by atoms with van der Waals surface area (Å²) in [6.45, 7) is 3.90. The molecule has 156 valence electrons. The number of rotatable bonds is 5. The highest BCUT2D eigenvalue weighted by Gasteiger charge is 2.54. The highest BCUT2D eigenvalue weighted by Crippen LogP contribution is 2.39. The predicted octanol–water partition coefficient (Wildman–Crippen LogP) is 3.92. The van der Waals surface area contributed by atoms with Gasteiger partial charge in [0.1, 0.15) is 12.1 Å². The Bertz CT molecular complexity index is 1000. The average Bonchev–Trinajstić information content (AvgIpc) is 2.98. The van der Waals surface area contributed by atoms with Gasteiger partial charge in [0.05, 0.1) is 0 Å². The van der Waals surface area contributed by atoms with E-state index >= 15 is 0 Å². The first-order chi connectivity index (χ1) is 14.5. The summed E-state index contributed by atoms with van der Waals surface area (Å²) in [7, 11) is 0. The van der Waals surface area contributed by atoms with Crippen molar-refractivity contribution in [1.82, 2.24) is 10.2 Å². The third-order valence-electron chi connectivity index (χ3n) is 6.33. The van der Waals surface area contributed by atoms with Gasteiger partial charge < -0.3 is 10.6 Å². The zero-order valence-corrected chi connectivity index (χ0v) is 17.4. The molecular weight excluding hydrogens is 378 g/mol. The molecule has 2 aliphatic rings. The SMILES string of the molecule is CCC(C)c1ccccc1NC(=O)CN1C(=O)NC2(CCCc3ccccc32)C1=O. The summed E-state index contributed by atoms with van der Waals surface area (Å²) in [5.41, 5.74) is 2.64. The second-order valence-electron chi connectivity index (χ2n) is 8.18. The van der Waals surface area contributed by atoms with Crippen molar-refractivity contribution in [1.29, 1.82) is 0 Å². The molecule has 2 aromatic carbocycles. The Labute approximate surface area is 176 Å². The monoisotopic (exact) mass is 405 g/mol. The van der Waals surface area contributed by atoms with Gasteiger partial charge in [-0.05, 0) is 54.4 Å². The van der Waals surface area contributed by atoms with Crippen LogP contribution >= 0.6 is 0 Å². The lowest BCUT2D eigenvalue weighted by Gasteiger charge is -2.33. The van der Waals surface area contributed by atoms with E-state index in [1.165, 1.54) is 0 Å². The second kappa shape index (κ2) is 7.94. The Morgan fingerprint density at radius 2 is 1.90 bits per heavy atom. The van der Waals surface area contributed by atoms with Crippen molar-refractivity contribution in [2.75, 3.05) is 11.9 Å². The molecule has 30 heavy (non-hydrogen) atoms. The van der Waals surface area contributed by atoms with E-state index in [-0.39, 0.29) is 18.4 Å². The Morgan fingerprint density at radius 3 is 2.70 bits per heavy atom. The average molecular weight is 405 g/mol. The minimum absolute atomic E-state index is 0.292. The van der Waals surface area contributed by atoms with Crippen molar-refractivity contribution < 1.29 is 14.4 Å². The molecule has 6 heteroatoms. The minimum atomic E-state index is -1.05. The smallest absolute Gasteiger partial charge is 0.324 e.